The molecule has 3 rings (SSSR count). The normalized spacial score (nSPS) is 10.9. The second-order valence-corrected chi connectivity index (χ2v) is 5.48. The monoisotopic (exact) mass is 338 g/mol. The number of anilines is 1. The Hall–Kier alpha value is -2.86. The number of H-pyrrole nitrogens is 1. The van der Waals surface area contributed by atoms with Gasteiger partial charge in [-0.3, -0.25) is 5.43 Å². The third-order valence-corrected chi connectivity index (χ3v) is 3.61. The third kappa shape index (κ3) is 3.91. The van der Waals surface area contributed by atoms with Crippen molar-refractivity contribution < 1.29 is 4.74 Å². The van der Waals surface area contributed by atoms with Crippen LogP contribution in [0.1, 0.15) is 12.5 Å². The van der Waals surface area contributed by atoms with Gasteiger partial charge in [-0.2, -0.15) is 5.10 Å². The molecule has 0 saturated carbocycles. The first-order valence-electron chi connectivity index (χ1n) is 7.65. The van der Waals surface area contributed by atoms with Crippen molar-refractivity contribution in [2.24, 2.45) is 5.10 Å². The highest BCUT2D eigenvalue weighted by atomic mass is 32.1. The predicted octanol–water partition coefficient (Wildman–Crippen LogP) is 3.89. The standard InChI is InChI=1S/C18H18N4OS/c1-2-23-15-9-7-14(8-10-15)21-18(24)22-20-12-13-11-19-17-6-4-3-5-16(13)17/h3-12,19H,2H2,1H3,(H2,21,22,24)/b20-12+. The van der Waals surface area contributed by atoms with Crippen LogP contribution in [0.3, 0.4) is 0 Å². The molecular weight excluding hydrogens is 320 g/mol. The average molecular weight is 338 g/mol. The summed E-state index contributed by atoms with van der Waals surface area (Å²) in [5.41, 5.74) is 5.77. The second-order valence-electron chi connectivity index (χ2n) is 5.07. The van der Waals surface area contributed by atoms with Gasteiger partial charge in [0, 0.05) is 28.4 Å². The van der Waals surface area contributed by atoms with Crippen molar-refractivity contribution >= 4 is 40.1 Å². The first-order valence-corrected chi connectivity index (χ1v) is 8.06. The molecule has 5 nitrogen and oxygen atoms in total. The van der Waals surface area contributed by atoms with Crippen molar-refractivity contribution in [2.75, 3.05) is 11.9 Å². The summed E-state index contributed by atoms with van der Waals surface area (Å²) in [5, 5.41) is 8.80. The van der Waals surface area contributed by atoms with Crippen LogP contribution in [0.5, 0.6) is 5.75 Å². The number of fused-ring (bicyclic) bond motifs is 1. The highest BCUT2D eigenvalue weighted by molar-refractivity contribution is 7.80. The molecule has 24 heavy (non-hydrogen) atoms. The molecular formula is C18H18N4OS. The second kappa shape index (κ2) is 7.61. The Morgan fingerprint density at radius 1 is 1.21 bits per heavy atom. The molecule has 0 aliphatic carbocycles. The van der Waals surface area contributed by atoms with Crippen molar-refractivity contribution in [3.63, 3.8) is 0 Å². The Kier molecular flexibility index (Phi) is 5.08. The van der Waals surface area contributed by atoms with E-state index >= 15 is 0 Å². The van der Waals surface area contributed by atoms with Crippen molar-refractivity contribution in [2.45, 2.75) is 6.92 Å². The number of aromatic nitrogens is 1. The van der Waals surface area contributed by atoms with E-state index in [-0.39, 0.29) is 0 Å². The number of hydrogen-bond acceptors (Lipinski definition) is 3. The summed E-state index contributed by atoms with van der Waals surface area (Å²) in [6.45, 7) is 2.60. The zero-order chi connectivity index (χ0) is 16.8. The molecule has 0 atom stereocenters. The van der Waals surface area contributed by atoms with Gasteiger partial charge in [-0.05, 0) is 49.5 Å². The molecule has 0 fully saturated rings. The van der Waals surface area contributed by atoms with Gasteiger partial charge in [0.05, 0.1) is 12.8 Å². The van der Waals surface area contributed by atoms with E-state index in [4.69, 9.17) is 17.0 Å². The predicted molar refractivity (Wildman–Crippen MR) is 103 cm³/mol. The van der Waals surface area contributed by atoms with Crippen LogP contribution in [0, 0.1) is 0 Å². The van der Waals surface area contributed by atoms with Gasteiger partial charge in [0.15, 0.2) is 5.11 Å². The molecule has 3 N–H and O–H groups in total. The van der Waals surface area contributed by atoms with Gasteiger partial charge in [0.1, 0.15) is 5.75 Å². The van der Waals surface area contributed by atoms with Crippen LogP contribution in [0.15, 0.2) is 59.8 Å². The maximum atomic E-state index is 5.40. The molecule has 0 radical (unpaired) electrons. The van der Waals surface area contributed by atoms with Gasteiger partial charge in [0.2, 0.25) is 0 Å². The van der Waals surface area contributed by atoms with E-state index in [2.05, 4.69) is 20.8 Å². The molecule has 0 amide bonds. The average Bonchev–Trinajstić information content (AvgIpc) is 3.00. The van der Waals surface area contributed by atoms with E-state index in [1.807, 2.05) is 61.7 Å². The number of rotatable bonds is 5. The molecule has 6 heteroatoms. The first kappa shape index (κ1) is 16.0. The van der Waals surface area contributed by atoms with Crippen molar-refractivity contribution in [1.82, 2.24) is 10.4 Å². The molecule has 2 aromatic carbocycles. The summed E-state index contributed by atoms with van der Waals surface area (Å²) in [6.07, 6.45) is 3.66. The summed E-state index contributed by atoms with van der Waals surface area (Å²) in [6, 6.07) is 15.7. The zero-order valence-electron chi connectivity index (χ0n) is 13.2. The Morgan fingerprint density at radius 3 is 2.79 bits per heavy atom. The molecule has 122 valence electrons. The quantitative estimate of drug-likeness (QED) is 0.375. The Balaban J connectivity index is 1.57. The highest BCUT2D eigenvalue weighted by Crippen LogP contribution is 2.16. The summed E-state index contributed by atoms with van der Waals surface area (Å²) in [4.78, 5) is 3.20. The van der Waals surface area contributed by atoms with E-state index < -0.39 is 0 Å². The molecule has 1 heterocycles. The minimum Gasteiger partial charge on any atom is -0.494 e. The SMILES string of the molecule is CCOc1ccc(NC(=S)N/N=C/c2c[nH]c3ccccc23)cc1. The first-order chi connectivity index (χ1) is 11.8. The minimum atomic E-state index is 0.426. The molecule has 0 aliphatic rings. The number of hydrazone groups is 1. The molecule has 0 aliphatic heterocycles. The van der Waals surface area contributed by atoms with Gasteiger partial charge in [-0.15, -0.1) is 0 Å². The number of nitrogens with one attached hydrogen (secondary N) is 3. The number of aromatic amines is 1. The lowest BCUT2D eigenvalue weighted by atomic mass is 10.2. The number of para-hydroxylation sites is 1. The Labute approximate surface area is 145 Å². The number of ether oxygens (including phenoxy) is 1. The van der Waals surface area contributed by atoms with Crippen LogP contribution >= 0.6 is 12.2 Å². The van der Waals surface area contributed by atoms with Crippen LogP contribution in [-0.4, -0.2) is 22.9 Å². The number of thiocarbonyl (C=S) groups is 1. The van der Waals surface area contributed by atoms with Crippen molar-refractivity contribution in [3.8, 4) is 5.75 Å². The molecule has 0 unspecified atom stereocenters. The molecule has 0 bridgehead atoms. The number of hydrogen-bond donors (Lipinski definition) is 3. The molecule has 1 aromatic heterocycles. The molecule has 0 spiro atoms. The topological polar surface area (TPSA) is 61.4 Å². The van der Waals surface area contributed by atoms with E-state index in [0.717, 1.165) is 27.9 Å². The largest absolute Gasteiger partial charge is 0.494 e. The smallest absolute Gasteiger partial charge is 0.191 e. The lowest BCUT2D eigenvalue weighted by molar-refractivity contribution is 0.340. The van der Waals surface area contributed by atoms with Crippen LogP contribution in [0.4, 0.5) is 5.69 Å². The molecule has 0 saturated heterocycles. The fourth-order valence-electron chi connectivity index (χ4n) is 2.32. The summed E-state index contributed by atoms with van der Waals surface area (Å²) < 4.78 is 5.40. The fraction of sp³-hybridized carbons (Fsp3) is 0.111. The fourth-order valence-corrected chi connectivity index (χ4v) is 2.49. The van der Waals surface area contributed by atoms with Crippen LogP contribution in [0.2, 0.25) is 0 Å². The van der Waals surface area contributed by atoms with Crippen molar-refractivity contribution in [3.05, 3.63) is 60.3 Å². The van der Waals surface area contributed by atoms with Crippen LogP contribution in [-0.2, 0) is 0 Å². The van der Waals surface area contributed by atoms with Gasteiger partial charge < -0.3 is 15.0 Å². The van der Waals surface area contributed by atoms with E-state index in [0.29, 0.717) is 11.7 Å². The molecule has 3 aromatic rings. The zero-order valence-corrected chi connectivity index (χ0v) is 14.1. The van der Waals surface area contributed by atoms with Crippen molar-refractivity contribution in [1.29, 1.82) is 0 Å². The van der Waals surface area contributed by atoms with Crippen LogP contribution < -0.4 is 15.5 Å². The van der Waals surface area contributed by atoms with Gasteiger partial charge in [-0.25, -0.2) is 0 Å². The maximum Gasteiger partial charge on any atom is 0.191 e. The highest BCUT2D eigenvalue weighted by Gasteiger charge is 2.00. The van der Waals surface area contributed by atoms with Crippen LogP contribution in [0.25, 0.3) is 10.9 Å². The van der Waals surface area contributed by atoms with Gasteiger partial charge in [-0.1, -0.05) is 18.2 Å². The summed E-state index contributed by atoms with van der Waals surface area (Å²) >= 11 is 5.24. The van der Waals surface area contributed by atoms with Gasteiger partial charge >= 0.3 is 0 Å². The lowest BCUT2D eigenvalue weighted by Crippen LogP contribution is -2.23. The Morgan fingerprint density at radius 2 is 2.00 bits per heavy atom. The summed E-state index contributed by atoms with van der Waals surface area (Å²) in [5.74, 6) is 0.833. The van der Waals surface area contributed by atoms with E-state index in [9.17, 15) is 0 Å². The van der Waals surface area contributed by atoms with E-state index in [1.165, 1.54) is 0 Å². The summed E-state index contributed by atoms with van der Waals surface area (Å²) in [7, 11) is 0. The maximum absolute atomic E-state index is 5.40. The third-order valence-electron chi connectivity index (χ3n) is 3.41. The van der Waals surface area contributed by atoms with E-state index in [1.54, 1.807) is 6.21 Å². The lowest BCUT2D eigenvalue weighted by Gasteiger charge is -2.08. The minimum absolute atomic E-state index is 0.426. The number of nitrogens with zero attached hydrogens (tertiary/aromatic N) is 1. The van der Waals surface area contributed by atoms with Gasteiger partial charge in [0.25, 0.3) is 0 Å². The Bertz CT molecular complexity index is 855. The number of benzene rings is 2.